The van der Waals surface area contributed by atoms with Crippen LogP contribution in [-0.4, -0.2) is 18.0 Å². The highest BCUT2D eigenvalue weighted by molar-refractivity contribution is 5.99. The standard InChI is InChI=1S/C14H12N2O2/c1-18-14-5-3-10(8-15-14)9-2-4-12-11(6-9)7-13(17)16-12/h2-6,8H,7H2,1H3,(H,16,17). The average Bonchev–Trinajstić information content (AvgIpc) is 2.78. The van der Waals surface area contributed by atoms with Crippen LogP contribution >= 0.6 is 0 Å². The molecule has 2 aromatic rings. The van der Waals surface area contributed by atoms with E-state index in [0.717, 1.165) is 22.4 Å². The summed E-state index contributed by atoms with van der Waals surface area (Å²) >= 11 is 0. The molecular weight excluding hydrogens is 228 g/mol. The lowest BCUT2D eigenvalue weighted by Crippen LogP contribution is -2.03. The third kappa shape index (κ3) is 1.82. The molecule has 1 aliphatic heterocycles. The maximum atomic E-state index is 11.3. The van der Waals surface area contributed by atoms with Crippen molar-refractivity contribution >= 4 is 11.6 Å². The first-order chi connectivity index (χ1) is 8.76. The minimum Gasteiger partial charge on any atom is -0.481 e. The lowest BCUT2D eigenvalue weighted by atomic mass is 10.0. The van der Waals surface area contributed by atoms with Gasteiger partial charge < -0.3 is 10.1 Å². The lowest BCUT2D eigenvalue weighted by molar-refractivity contribution is -0.115. The van der Waals surface area contributed by atoms with Crippen molar-refractivity contribution < 1.29 is 9.53 Å². The number of nitrogens with zero attached hydrogens (tertiary/aromatic N) is 1. The number of amides is 1. The summed E-state index contributed by atoms with van der Waals surface area (Å²) in [6.45, 7) is 0. The number of nitrogens with one attached hydrogen (secondary N) is 1. The minimum atomic E-state index is 0.0509. The number of carbonyl (C=O) groups is 1. The summed E-state index contributed by atoms with van der Waals surface area (Å²) < 4.78 is 5.03. The summed E-state index contributed by atoms with van der Waals surface area (Å²) in [6, 6.07) is 9.72. The number of hydrogen-bond donors (Lipinski definition) is 1. The number of methoxy groups -OCH3 is 1. The largest absolute Gasteiger partial charge is 0.481 e. The van der Waals surface area contributed by atoms with Crippen LogP contribution in [0, 0.1) is 0 Å². The summed E-state index contributed by atoms with van der Waals surface area (Å²) in [4.78, 5) is 15.5. The smallest absolute Gasteiger partial charge is 0.228 e. The van der Waals surface area contributed by atoms with Crippen molar-refractivity contribution in [3.05, 3.63) is 42.1 Å². The number of fused-ring (bicyclic) bond motifs is 1. The van der Waals surface area contributed by atoms with E-state index in [9.17, 15) is 4.79 Å². The number of anilines is 1. The fourth-order valence-corrected chi connectivity index (χ4v) is 2.08. The van der Waals surface area contributed by atoms with Gasteiger partial charge in [-0.05, 0) is 29.3 Å². The van der Waals surface area contributed by atoms with Crippen molar-refractivity contribution in [3.63, 3.8) is 0 Å². The molecule has 0 fully saturated rings. The molecule has 0 bridgehead atoms. The molecule has 0 aliphatic carbocycles. The van der Waals surface area contributed by atoms with E-state index in [-0.39, 0.29) is 5.91 Å². The van der Waals surface area contributed by atoms with Crippen LogP contribution in [-0.2, 0) is 11.2 Å². The third-order valence-electron chi connectivity index (χ3n) is 3.01. The van der Waals surface area contributed by atoms with Gasteiger partial charge in [0.2, 0.25) is 11.8 Å². The molecule has 1 aromatic carbocycles. The molecule has 0 atom stereocenters. The molecule has 90 valence electrons. The Morgan fingerprint density at radius 2 is 2.06 bits per heavy atom. The van der Waals surface area contributed by atoms with Crippen molar-refractivity contribution in [1.82, 2.24) is 4.98 Å². The monoisotopic (exact) mass is 240 g/mol. The van der Waals surface area contributed by atoms with Crippen molar-refractivity contribution in [2.45, 2.75) is 6.42 Å². The molecule has 1 aliphatic rings. The molecule has 1 amide bonds. The van der Waals surface area contributed by atoms with Crippen molar-refractivity contribution in [2.24, 2.45) is 0 Å². The van der Waals surface area contributed by atoms with Crippen LogP contribution < -0.4 is 10.1 Å². The molecule has 0 unspecified atom stereocenters. The van der Waals surface area contributed by atoms with Gasteiger partial charge >= 0.3 is 0 Å². The maximum absolute atomic E-state index is 11.3. The van der Waals surface area contributed by atoms with E-state index in [1.807, 2.05) is 30.3 Å². The Labute approximate surface area is 105 Å². The first-order valence-corrected chi connectivity index (χ1v) is 5.69. The van der Waals surface area contributed by atoms with Gasteiger partial charge in [0.15, 0.2) is 0 Å². The molecule has 18 heavy (non-hydrogen) atoms. The maximum Gasteiger partial charge on any atom is 0.228 e. The van der Waals surface area contributed by atoms with Gasteiger partial charge in [0, 0.05) is 23.5 Å². The Morgan fingerprint density at radius 1 is 1.22 bits per heavy atom. The van der Waals surface area contributed by atoms with Crippen LogP contribution in [0.2, 0.25) is 0 Å². The number of aromatic nitrogens is 1. The number of rotatable bonds is 2. The Kier molecular flexibility index (Phi) is 2.48. The summed E-state index contributed by atoms with van der Waals surface area (Å²) in [5.41, 5.74) is 4.01. The van der Waals surface area contributed by atoms with E-state index in [2.05, 4.69) is 10.3 Å². The summed E-state index contributed by atoms with van der Waals surface area (Å²) in [7, 11) is 1.59. The van der Waals surface area contributed by atoms with Gasteiger partial charge in [-0.3, -0.25) is 4.79 Å². The topological polar surface area (TPSA) is 51.2 Å². The average molecular weight is 240 g/mol. The van der Waals surface area contributed by atoms with Crippen molar-refractivity contribution in [1.29, 1.82) is 0 Å². The molecule has 4 heteroatoms. The normalized spacial score (nSPS) is 13.1. The highest BCUT2D eigenvalue weighted by atomic mass is 16.5. The van der Waals surface area contributed by atoms with Gasteiger partial charge in [0.05, 0.1) is 13.5 Å². The predicted molar refractivity (Wildman–Crippen MR) is 68.6 cm³/mol. The summed E-state index contributed by atoms with van der Waals surface area (Å²) in [5, 5.41) is 2.82. The number of ether oxygens (including phenoxy) is 1. The van der Waals surface area contributed by atoms with Gasteiger partial charge in [-0.2, -0.15) is 0 Å². The Morgan fingerprint density at radius 3 is 2.78 bits per heavy atom. The van der Waals surface area contributed by atoms with Crippen LogP contribution in [0.1, 0.15) is 5.56 Å². The first kappa shape index (κ1) is 10.8. The van der Waals surface area contributed by atoms with E-state index in [1.54, 1.807) is 13.3 Å². The lowest BCUT2D eigenvalue weighted by Gasteiger charge is -2.05. The Balaban J connectivity index is 1.97. The van der Waals surface area contributed by atoms with Gasteiger partial charge in [-0.15, -0.1) is 0 Å². The van der Waals surface area contributed by atoms with Gasteiger partial charge in [-0.25, -0.2) is 4.98 Å². The van der Waals surface area contributed by atoms with Gasteiger partial charge in [0.25, 0.3) is 0 Å². The summed E-state index contributed by atoms with van der Waals surface area (Å²) in [5.74, 6) is 0.645. The SMILES string of the molecule is COc1ccc(-c2ccc3c(c2)CC(=O)N3)cn1. The zero-order valence-corrected chi connectivity index (χ0v) is 9.93. The van der Waals surface area contributed by atoms with E-state index in [0.29, 0.717) is 12.3 Å². The third-order valence-corrected chi connectivity index (χ3v) is 3.01. The van der Waals surface area contributed by atoms with Crippen LogP contribution in [0.15, 0.2) is 36.5 Å². The fourth-order valence-electron chi connectivity index (χ4n) is 2.08. The molecule has 4 nitrogen and oxygen atoms in total. The zero-order chi connectivity index (χ0) is 12.5. The van der Waals surface area contributed by atoms with Crippen molar-refractivity contribution in [2.75, 3.05) is 12.4 Å². The van der Waals surface area contributed by atoms with E-state index in [4.69, 9.17) is 4.74 Å². The Hall–Kier alpha value is -2.36. The molecular formula is C14H12N2O2. The summed E-state index contributed by atoms with van der Waals surface area (Å²) in [6.07, 6.45) is 2.22. The van der Waals surface area contributed by atoms with Crippen LogP contribution in [0.5, 0.6) is 5.88 Å². The molecule has 0 radical (unpaired) electrons. The Bertz CT molecular complexity index is 606. The number of benzene rings is 1. The first-order valence-electron chi connectivity index (χ1n) is 5.69. The molecule has 2 heterocycles. The highest BCUT2D eigenvalue weighted by Crippen LogP contribution is 2.29. The number of pyridine rings is 1. The second-order valence-electron chi connectivity index (χ2n) is 4.19. The highest BCUT2D eigenvalue weighted by Gasteiger charge is 2.17. The second kappa shape index (κ2) is 4.14. The molecule has 0 saturated carbocycles. The molecule has 0 saturated heterocycles. The van der Waals surface area contributed by atoms with Crippen LogP contribution in [0.3, 0.4) is 0 Å². The quantitative estimate of drug-likeness (QED) is 0.875. The minimum absolute atomic E-state index is 0.0509. The fraction of sp³-hybridized carbons (Fsp3) is 0.143. The molecule has 1 aromatic heterocycles. The van der Waals surface area contributed by atoms with Crippen molar-refractivity contribution in [3.8, 4) is 17.0 Å². The van der Waals surface area contributed by atoms with E-state index >= 15 is 0 Å². The predicted octanol–water partition coefficient (Wildman–Crippen LogP) is 2.25. The van der Waals surface area contributed by atoms with Crippen LogP contribution in [0.4, 0.5) is 5.69 Å². The molecule has 1 N–H and O–H groups in total. The van der Waals surface area contributed by atoms with E-state index in [1.165, 1.54) is 0 Å². The second-order valence-corrected chi connectivity index (χ2v) is 4.19. The number of hydrogen-bond acceptors (Lipinski definition) is 3. The van der Waals surface area contributed by atoms with Gasteiger partial charge in [-0.1, -0.05) is 6.07 Å². The van der Waals surface area contributed by atoms with Crippen LogP contribution in [0.25, 0.3) is 11.1 Å². The van der Waals surface area contributed by atoms with Gasteiger partial charge in [0.1, 0.15) is 0 Å². The molecule has 0 spiro atoms. The zero-order valence-electron chi connectivity index (χ0n) is 9.93. The van der Waals surface area contributed by atoms with E-state index < -0.39 is 0 Å². The molecule has 3 rings (SSSR count). The number of carbonyl (C=O) groups excluding carboxylic acids is 1.